The zero-order chi connectivity index (χ0) is 40.5. The molecular formula is C55H42N4O. The minimum absolute atomic E-state index is 0.115. The van der Waals surface area contributed by atoms with Crippen molar-refractivity contribution in [2.45, 2.75) is 38.5 Å². The van der Waals surface area contributed by atoms with Gasteiger partial charge in [0, 0.05) is 49.7 Å². The molecular weight excluding hydrogens is 733 g/mol. The van der Waals surface area contributed by atoms with Gasteiger partial charge in [0.2, 0.25) is 0 Å². The first kappa shape index (κ1) is 35.8. The number of benzene rings is 6. The minimum atomic E-state index is -0.163. The first-order chi connectivity index (χ1) is 29.4. The number of rotatable bonds is 8. The number of nitrogens with zero attached hydrogens (tertiary/aromatic N) is 4. The van der Waals surface area contributed by atoms with Crippen LogP contribution in [0.5, 0.6) is 0 Å². The summed E-state index contributed by atoms with van der Waals surface area (Å²) in [5.41, 5.74) is 14.3. The Kier molecular flexibility index (Phi) is 8.28. The van der Waals surface area contributed by atoms with Crippen LogP contribution in [0, 0.1) is 0 Å². The molecule has 0 unspecified atom stereocenters. The highest BCUT2D eigenvalue weighted by Crippen LogP contribution is 2.50. The highest BCUT2D eigenvalue weighted by molar-refractivity contribution is 6.14. The van der Waals surface area contributed by atoms with Gasteiger partial charge in [-0.05, 0) is 65.1 Å². The summed E-state index contributed by atoms with van der Waals surface area (Å²) in [6.07, 6.45) is 13.3. The summed E-state index contributed by atoms with van der Waals surface area (Å²) in [5.74, 6) is 2.83. The number of para-hydroxylation sites is 2. The molecule has 0 radical (unpaired) electrons. The normalized spacial score (nSPS) is 14.6. The van der Waals surface area contributed by atoms with Gasteiger partial charge in [0.25, 0.3) is 0 Å². The molecule has 9 aromatic rings. The van der Waals surface area contributed by atoms with Gasteiger partial charge in [0.15, 0.2) is 17.5 Å². The van der Waals surface area contributed by atoms with E-state index in [1.807, 2.05) is 30.4 Å². The van der Waals surface area contributed by atoms with Crippen LogP contribution in [0.15, 0.2) is 180 Å². The van der Waals surface area contributed by atoms with E-state index in [1.54, 1.807) is 6.08 Å². The number of allylic oxidation sites excluding steroid dienone is 6. The third-order valence-electron chi connectivity index (χ3n) is 12.6. The average Bonchev–Trinajstić information content (AvgIpc) is 4.08. The number of furan rings is 1. The fourth-order valence-electron chi connectivity index (χ4n) is 9.67. The Hall–Kier alpha value is -7.37. The lowest BCUT2D eigenvalue weighted by Crippen LogP contribution is -2.15. The zero-order valence-electron chi connectivity index (χ0n) is 33.9. The third-order valence-corrected chi connectivity index (χ3v) is 12.6. The second-order valence-electron chi connectivity index (χ2n) is 16.4. The molecule has 6 aromatic carbocycles. The van der Waals surface area contributed by atoms with E-state index in [1.165, 1.54) is 27.8 Å². The summed E-state index contributed by atoms with van der Waals surface area (Å²) >= 11 is 0. The van der Waals surface area contributed by atoms with Crippen LogP contribution in [0.2, 0.25) is 0 Å². The zero-order valence-corrected chi connectivity index (χ0v) is 33.9. The predicted molar refractivity (Wildman–Crippen MR) is 247 cm³/mol. The van der Waals surface area contributed by atoms with Gasteiger partial charge >= 0.3 is 0 Å². The summed E-state index contributed by atoms with van der Waals surface area (Å²) in [6, 6.07) is 47.2. The van der Waals surface area contributed by atoms with Crippen molar-refractivity contribution in [3.8, 4) is 51.0 Å². The molecule has 0 bridgehead atoms. The number of aromatic nitrogens is 4. The van der Waals surface area contributed by atoms with Gasteiger partial charge in [-0.3, -0.25) is 0 Å². The molecule has 3 heterocycles. The third kappa shape index (κ3) is 5.50. The molecule has 11 rings (SSSR count). The van der Waals surface area contributed by atoms with Crippen molar-refractivity contribution >= 4 is 38.9 Å². The SMILES string of the molecule is C=C/C=C\c1oc2cccc(-n3c4ccccc4c4cccc(-c5nc(-c6ccccc6)nc(-c6ccc7c(c6)C(C)(C)c6ccccc6-7)n5)c43)c2c1[C@H](C)C1=CC=CC1. The second kappa shape index (κ2) is 13.9. The first-order valence-electron chi connectivity index (χ1n) is 20.7. The predicted octanol–water partition coefficient (Wildman–Crippen LogP) is 14.2. The van der Waals surface area contributed by atoms with Crippen molar-refractivity contribution in [1.29, 1.82) is 0 Å². The van der Waals surface area contributed by atoms with Crippen LogP contribution in [-0.4, -0.2) is 19.5 Å². The van der Waals surface area contributed by atoms with Crippen molar-refractivity contribution in [2.75, 3.05) is 0 Å². The molecule has 5 nitrogen and oxygen atoms in total. The van der Waals surface area contributed by atoms with E-state index in [0.29, 0.717) is 17.5 Å². The van der Waals surface area contributed by atoms with Gasteiger partial charge in [0.05, 0.1) is 16.7 Å². The van der Waals surface area contributed by atoms with Gasteiger partial charge in [-0.2, -0.15) is 0 Å². The largest absolute Gasteiger partial charge is 0.456 e. The Balaban J connectivity index is 1.18. The molecule has 0 N–H and O–H groups in total. The van der Waals surface area contributed by atoms with Crippen LogP contribution in [0.3, 0.4) is 0 Å². The molecule has 60 heavy (non-hydrogen) atoms. The number of hydrogen-bond acceptors (Lipinski definition) is 4. The standard InChI is InChI=1S/C55H42N4O/c1-5-6-29-47-49(34(2)35-18-10-11-19-35)50-46(28-17-30-48(50)60-47)59-45-27-15-13-23-40(45)41-24-16-25-42(51(41)59)54-57-52(36-20-8-7-9-21-36)56-53(58-54)37-31-32-39-38-22-12-14-26-43(38)55(3,4)44(39)33-37/h5-18,20-34H,1,19H2,2-4H3/b29-6-/t34-/m1/s1. The van der Waals surface area contributed by atoms with Crippen molar-refractivity contribution in [3.63, 3.8) is 0 Å². The quantitative estimate of drug-likeness (QED) is 0.144. The molecule has 0 aliphatic heterocycles. The van der Waals surface area contributed by atoms with Crippen molar-refractivity contribution < 1.29 is 4.42 Å². The molecule has 0 saturated carbocycles. The van der Waals surface area contributed by atoms with Crippen LogP contribution in [0.25, 0.3) is 89.8 Å². The molecule has 0 spiro atoms. The highest BCUT2D eigenvalue weighted by atomic mass is 16.3. The van der Waals surface area contributed by atoms with E-state index < -0.39 is 0 Å². The second-order valence-corrected chi connectivity index (χ2v) is 16.4. The molecule has 2 aliphatic rings. The van der Waals surface area contributed by atoms with Crippen molar-refractivity contribution in [2.24, 2.45) is 0 Å². The lowest BCUT2D eigenvalue weighted by atomic mass is 9.82. The lowest BCUT2D eigenvalue weighted by molar-refractivity contribution is 0.595. The Bertz CT molecular complexity index is 3300. The Morgan fingerprint density at radius 3 is 2.25 bits per heavy atom. The maximum atomic E-state index is 6.73. The van der Waals surface area contributed by atoms with Crippen LogP contribution in [0.1, 0.15) is 55.6 Å². The summed E-state index contributed by atoms with van der Waals surface area (Å²) in [4.78, 5) is 15.9. The lowest BCUT2D eigenvalue weighted by Gasteiger charge is -2.21. The van der Waals surface area contributed by atoms with E-state index in [4.69, 9.17) is 19.4 Å². The van der Waals surface area contributed by atoms with Crippen LogP contribution < -0.4 is 0 Å². The molecule has 0 fully saturated rings. The molecule has 0 amide bonds. The molecule has 288 valence electrons. The van der Waals surface area contributed by atoms with Crippen LogP contribution in [-0.2, 0) is 5.41 Å². The van der Waals surface area contributed by atoms with E-state index in [9.17, 15) is 0 Å². The Morgan fingerprint density at radius 1 is 0.700 bits per heavy atom. The Morgan fingerprint density at radius 2 is 1.42 bits per heavy atom. The van der Waals surface area contributed by atoms with Crippen molar-refractivity contribution in [1.82, 2.24) is 19.5 Å². The highest BCUT2D eigenvalue weighted by Gasteiger charge is 2.35. The molecule has 5 heteroatoms. The molecule has 0 saturated heterocycles. The van der Waals surface area contributed by atoms with E-state index >= 15 is 0 Å². The van der Waals surface area contributed by atoms with E-state index in [0.717, 1.165) is 72.9 Å². The molecule has 2 aliphatic carbocycles. The average molecular weight is 775 g/mol. The molecule has 1 atom stereocenters. The smallest absolute Gasteiger partial charge is 0.166 e. The fraction of sp³-hybridized carbons (Fsp3) is 0.109. The summed E-state index contributed by atoms with van der Waals surface area (Å²) in [6.45, 7) is 10.9. The molecule has 3 aromatic heterocycles. The Labute approximate surface area is 349 Å². The monoisotopic (exact) mass is 774 g/mol. The summed E-state index contributed by atoms with van der Waals surface area (Å²) in [5, 5.41) is 3.35. The number of hydrogen-bond donors (Lipinski definition) is 0. The van der Waals surface area contributed by atoms with E-state index in [2.05, 4.69) is 165 Å². The number of fused-ring (bicyclic) bond motifs is 7. The maximum Gasteiger partial charge on any atom is 0.166 e. The maximum absolute atomic E-state index is 6.73. The first-order valence-corrected chi connectivity index (χ1v) is 20.7. The van der Waals surface area contributed by atoms with Gasteiger partial charge in [-0.1, -0.05) is 166 Å². The van der Waals surface area contributed by atoms with Gasteiger partial charge < -0.3 is 8.98 Å². The summed E-state index contributed by atoms with van der Waals surface area (Å²) in [7, 11) is 0. The van der Waals surface area contributed by atoms with Crippen LogP contribution in [0.4, 0.5) is 0 Å². The minimum Gasteiger partial charge on any atom is -0.456 e. The van der Waals surface area contributed by atoms with Crippen molar-refractivity contribution in [3.05, 3.63) is 198 Å². The van der Waals surface area contributed by atoms with Crippen LogP contribution >= 0.6 is 0 Å². The van der Waals surface area contributed by atoms with Gasteiger partial charge in [0.1, 0.15) is 11.3 Å². The van der Waals surface area contributed by atoms with Gasteiger partial charge in [-0.25, -0.2) is 15.0 Å². The fourth-order valence-corrected chi connectivity index (χ4v) is 9.67. The van der Waals surface area contributed by atoms with Gasteiger partial charge in [-0.15, -0.1) is 0 Å². The topological polar surface area (TPSA) is 56.7 Å². The summed E-state index contributed by atoms with van der Waals surface area (Å²) < 4.78 is 9.13. The van der Waals surface area contributed by atoms with E-state index in [-0.39, 0.29) is 11.3 Å².